The summed E-state index contributed by atoms with van der Waals surface area (Å²) in [6, 6.07) is 13.8. The molecule has 0 unspecified atom stereocenters. The lowest BCUT2D eigenvalue weighted by Crippen LogP contribution is -2.38. The van der Waals surface area contributed by atoms with Crippen molar-refractivity contribution in [3.05, 3.63) is 59.7 Å². The molecule has 0 radical (unpaired) electrons. The van der Waals surface area contributed by atoms with Gasteiger partial charge in [0.25, 0.3) is 15.9 Å². The van der Waals surface area contributed by atoms with Crippen LogP contribution < -0.4 is 9.62 Å². The molecule has 2 fully saturated rings. The van der Waals surface area contributed by atoms with Gasteiger partial charge < -0.3 is 5.32 Å². The molecule has 0 spiro atoms. The van der Waals surface area contributed by atoms with Crippen LogP contribution in [0.4, 0.5) is 5.69 Å². The second-order valence-corrected chi connectivity index (χ2v) is 10.1. The zero-order valence-electron chi connectivity index (χ0n) is 16.3. The van der Waals surface area contributed by atoms with Crippen LogP contribution in [0.25, 0.3) is 0 Å². The van der Waals surface area contributed by atoms with Crippen molar-refractivity contribution in [1.29, 1.82) is 0 Å². The molecule has 2 saturated carbocycles. The fraction of sp³-hybridized carbons (Fsp3) is 0.409. The molecule has 1 N–H and O–H groups in total. The number of nitrogens with zero attached hydrogens (tertiary/aromatic N) is 1. The largest absolute Gasteiger partial charge is 0.349 e. The topological polar surface area (TPSA) is 66.5 Å². The van der Waals surface area contributed by atoms with E-state index in [2.05, 4.69) is 5.32 Å². The van der Waals surface area contributed by atoms with Crippen molar-refractivity contribution in [3.8, 4) is 0 Å². The van der Waals surface area contributed by atoms with Crippen LogP contribution in [0, 0.1) is 18.8 Å². The van der Waals surface area contributed by atoms with Crippen LogP contribution in [0.2, 0.25) is 0 Å². The molecular weight excluding hydrogens is 372 g/mol. The van der Waals surface area contributed by atoms with Crippen LogP contribution >= 0.6 is 0 Å². The Morgan fingerprint density at radius 1 is 1.07 bits per heavy atom. The zero-order valence-corrected chi connectivity index (χ0v) is 17.1. The number of carbonyl (C=O) groups is 1. The molecule has 2 bridgehead atoms. The summed E-state index contributed by atoms with van der Waals surface area (Å²) >= 11 is 0. The molecule has 2 aliphatic rings. The maximum Gasteiger partial charge on any atom is 0.264 e. The SMILES string of the molecule is Cc1ccc(S(=O)(=O)N(C)c2cccc(C(=O)N[C@H]3C[C@H]4CC[C@H]3C4)c2)cc1. The quantitative estimate of drug-likeness (QED) is 0.834. The van der Waals surface area contributed by atoms with Gasteiger partial charge in [0.2, 0.25) is 0 Å². The monoisotopic (exact) mass is 398 g/mol. The van der Waals surface area contributed by atoms with Crippen LogP contribution in [0.5, 0.6) is 0 Å². The third kappa shape index (κ3) is 3.53. The molecule has 2 aliphatic carbocycles. The fourth-order valence-corrected chi connectivity index (χ4v) is 5.71. The zero-order chi connectivity index (χ0) is 19.9. The smallest absolute Gasteiger partial charge is 0.264 e. The normalized spacial score (nSPS) is 23.6. The van der Waals surface area contributed by atoms with E-state index in [0.717, 1.165) is 17.9 Å². The number of amides is 1. The fourth-order valence-electron chi connectivity index (χ4n) is 4.52. The molecule has 3 atom stereocenters. The van der Waals surface area contributed by atoms with Crippen LogP contribution in [0.3, 0.4) is 0 Å². The van der Waals surface area contributed by atoms with Crippen molar-refractivity contribution in [2.45, 2.75) is 43.5 Å². The molecule has 148 valence electrons. The van der Waals surface area contributed by atoms with Gasteiger partial charge in [-0.2, -0.15) is 0 Å². The summed E-state index contributed by atoms with van der Waals surface area (Å²) in [5.74, 6) is 1.23. The molecule has 5 nitrogen and oxygen atoms in total. The van der Waals surface area contributed by atoms with Crippen LogP contribution in [-0.4, -0.2) is 27.4 Å². The van der Waals surface area contributed by atoms with E-state index in [0.29, 0.717) is 17.2 Å². The Bertz CT molecular complexity index is 985. The second-order valence-electron chi connectivity index (χ2n) is 8.09. The van der Waals surface area contributed by atoms with E-state index in [4.69, 9.17) is 0 Å². The van der Waals surface area contributed by atoms with Gasteiger partial charge >= 0.3 is 0 Å². The molecule has 0 saturated heterocycles. The highest BCUT2D eigenvalue weighted by Gasteiger charge is 2.40. The van der Waals surface area contributed by atoms with Gasteiger partial charge in [-0.15, -0.1) is 0 Å². The summed E-state index contributed by atoms with van der Waals surface area (Å²) in [5, 5.41) is 3.16. The van der Waals surface area contributed by atoms with E-state index in [1.807, 2.05) is 6.92 Å². The first-order chi connectivity index (χ1) is 13.3. The van der Waals surface area contributed by atoms with Crippen LogP contribution in [0.1, 0.15) is 41.6 Å². The minimum absolute atomic E-state index is 0.125. The van der Waals surface area contributed by atoms with E-state index < -0.39 is 10.0 Å². The van der Waals surface area contributed by atoms with Gasteiger partial charge in [-0.3, -0.25) is 9.10 Å². The highest BCUT2D eigenvalue weighted by Crippen LogP contribution is 2.44. The average Bonchev–Trinajstić information content (AvgIpc) is 3.31. The van der Waals surface area contributed by atoms with E-state index in [1.165, 1.54) is 30.6 Å². The van der Waals surface area contributed by atoms with Crippen molar-refractivity contribution in [3.63, 3.8) is 0 Å². The molecule has 28 heavy (non-hydrogen) atoms. The first-order valence-corrected chi connectivity index (χ1v) is 11.2. The standard InChI is InChI=1S/C22H26N2O3S/c1-15-6-10-20(11-7-15)28(26,27)24(2)19-5-3-4-18(14-19)22(25)23-21-13-16-8-9-17(21)12-16/h3-7,10-11,14,16-17,21H,8-9,12-13H2,1-2H3,(H,23,25)/t16-,17-,21-/m0/s1. The number of sulfonamides is 1. The minimum atomic E-state index is -3.68. The number of anilines is 1. The third-order valence-corrected chi connectivity index (χ3v) is 8.01. The summed E-state index contributed by atoms with van der Waals surface area (Å²) in [6.45, 7) is 1.92. The lowest BCUT2D eigenvalue weighted by atomic mass is 9.95. The number of carbonyl (C=O) groups excluding carboxylic acids is 1. The highest BCUT2D eigenvalue weighted by molar-refractivity contribution is 7.92. The number of benzene rings is 2. The number of hydrogen-bond acceptors (Lipinski definition) is 3. The van der Waals surface area contributed by atoms with Gasteiger partial charge in [0, 0.05) is 18.7 Å². The lowest BCUT2D eigenvalue weighted by Gasteiger charge is -2.23. The predicted molar refractivity (Wildman–Crippen MR) is 110 cm³/mol. The van der Waals surface area contributed by atoms with Gasteiger partial charge in [-0.05, 0) is 68.4 Å². The summed E-state index contributed by atoms with van der Waals surface area (Å²) < 4.78 is 27.1. The second kappa shape index (κ2) is 7.24. The number of hydrogen-bond donors (Lipinski definition) is 1. The van der Waals surface area contributed by atoms with Gasteiger partial charge in [-0.25, -0.2) is 8.42 Å². The van der Waals surface area contributed by atoms with E-state index >= 15 is 0 Å². The number of nitrogens with one attached hydrogen (secondary N) is 1. The van der Waals surface area contributed by atoms with Crippen molar-refractivity contribution >= 4 is 21.6 Å². The molecule has 0 heterocycles. The Kier molecular flexibility index (Phi) is 4.91. The van der Waals surface area contributed by atoms with Crippen molar-refractivity contribution in [2.24, 2.45) is 11.8 Å². The highest BCUT2D eigenvalue weighted by atomic mass is 32.2. The molecule has 1 amide bonds. The Balaban J connectivity index is 1.52. The number of fused-ring (bicyclic) bond motifs is 2. The maximum atomic E-state index is 12.9. The summed E-state index contributed by atoms with van der Waals surface area (Å²) in [7, 11) is -2.16. The third-order valence-electron chi connectivity index (χ3n) is 6.21. The van der Waals surface area contributed by atoms with Crippen molar-refractivity contribution < 1.29 is 13.2 Å². The molecule has 4 rings (SSSR count). The first-order valence-electron chi connectivity index (χ1n) is 9.81. The molecule has 0 aromatic heterocycles. The number of aryl methyl sites for hydroxylation is 1. The Hall–Kier alpha value is -2.34. The van der Waals surface area contributed by atoms with Crippen molar-refractivity contribution in [1.82, 2.24) is 5.32 Å². The van der Waals surface area contributed by atoms with E-state index in [1.54, 1.807) is 48.5 Å². The Morgan fingerprint density at radius 3 is 2.46 bits per heavy atom. The summed E-state index contributed by atoms with van der Waals surface area (Å²) in [5.41, 5.74) is 1.97. The average molecular weight is 399 g/mol. The molecule has 2 aromatic carbocycles. The summed E-state index contributed by atoms with van der Waals surface area (Å²) in [6.07, 6.45) is 4.78. The minimum Gasteiger partial charge on any atom is -0.349 e. The molecule has 2 aromatic rings. The maximum absolute atomic E-state index is 12.9. The van der Waals surface area contributed by atoms with E-state index in [9.17, 15) is 13.2 Å². The van der Waals surface area contributed by atoms with Gasteiger partial charge in [-0.1, -0.05) is 30.2 Å². The Labute approximate surface area is 166 Å². The first kappa shape index (κ1) is 19.0. The van der Waals surface area contributed by atoms with Gasteiger partial charge in [0.05, 0.1) is 10.6 Å². The predicted octanol–water partition coefficient (Wildman–Crippen LogP) is 3.74. The molecule has 0 aliphatic heterocycles. The summed E-state index contributed by atoms with van der Waals surface area (Å²) in [4.78, 5) is 13.0. The molecule has 6 heteroatoms. The van der Waals surface area contributed by atoms with Gasteiger partial charge in [0.1, 0.15) is 0 Å². The van der Waals surface area contributed by atoms with Crippen molar-refractivity contribution in [2.75, 3.05) is 11.4 Å². The molecular formula is C22H26N2O3S. The van der Waals surface area contributed by atoms with Crippen LogP contribution in [-0.2, 0) is 10.0 Å². The van der Waals surface area contributed by atoms with Crippen LogP contribution in [0.15, 0.2) is 53.4 Å². The Morgan fingerprint density at radius 2 is 1.82 bits per heavy atom. The van der Waals surface area contributed by atoms with E-state index in [-0.39, 0.29) is 16.8 Å². The lowest BCUT2D eigenvalue weighted by molar-refractivity contribution is 0.0923. The van der Waals surface area contributed by atoms with Gasteiger partial charge in [0.15, 0.2) is 0 Å². The number of rotatable bonds is 5.